The van der Waals surface area contributed by atoms with E-state index in [1.165, 1.54) is 23.9 Å². The fraction of sp³-hybridized carbons (Fsp3) is 0.312. The third-order valence-electron chi connectivity index (χ3n) is 3.17. The molecule has 22 heavy (non-hydrogen) atoms. The van der Waals surface area contributed by atoms with E-state index in [4.69, 9.17) is 4.42 Å². The van der Waals surface area contributed by atoms with Crippen molar-refractivity contribution in [2.45, 2.75) is 10.9 Å². The molecule has 1 amide bonds. The van der Waals surface area contributed by atoms with E-state index < -0.39 is 0 Å². The Balaban J connectivity index is 1.80. The van der Waals surface area contributed by atoms with E-state index in [0.717, 1.165) is 10.7 Å². The van der Waals surface area contributed by atoms with Gasteiger partial charge in [0.15, 0.2) is 0 Å². The number of halogens is 1. The van der Waals surface area contributed by atoms with Crippen LogP contribution in [-0.2, 0) is 4.79 Å². The van der Waals surface area contributed by atoms with Crippen molar-refractivity contribution in [3.8, 4) is 0 Å². The number of amides is 1. The zero-order valence-corrected chi connectivity index (χ0v) is 13.4. The number of benzene rings is 1. The Morgan fingerprint density at radius 1 is 1.32 bits per heavy atom. The van der Waals surface area contributed by atoms with Gasteiger partial charge in [-0.1, -0.05) is 0 Å². The van der Waals surface area contributed by atoms with E-state index in [9.17, 15) is 9.18 Å². The maximum Gasteiger partial charge on any atom is 0.230 e. The molecule has 0 fully saturated rings. The van der Waals surface area contributed by atoms with Crippen molar-refractivity contribution in [2.75, 3.05) is 26.4 Å². The maximum atomic E-state index is 12.8. The number of nitrogens with one attached hydrogen (secondary N) is 1. The van der Waals surface area contributed by atoms with Crippen LogP contribution in [0.4, 0.5) is 4.39 Å². The summed E-state index contributed by atoms with van der Waals surface area (Å²) < 4.78 is 18.2. The topological polar surface area (TPSA) is 45.5 Å². The lowest BCUT2D eigenvalue weighted by molar-refractivity contribution is -0.118. The molecule has 1 atom stereocenters. The molecule has 1 heterocycles. The predicted molar refractivity (Wildman–Crippen MR) is 85.3 cm³/mol. The van der Waals surface area contributed by atoms with Gasteiger partial charge in [-0.3, -0.25) is 9.69 Å². The van der Waals surface area contributed by atoms with Gasteiger partial charge in [0.05, 0.1) is 18.1 Å². The van der Waals surface area contributed by atoms with Gasteiger partial charge in [-0.15, -0.1) is 11.8 Å². The third-order valence-corrected chi connectivity index (χ3v) is 4.18. The number of hydrogen-bond donors (Lipinski definition) is 1. The Labute approximate surface area is 133 Å². The predicted octanol–water partition coefficient (Wildman–Crippen LogP) is 2.93. The molecule has 2 rings (SSSR count). The summed E-state index contributed by atoms with van der Waals surface area (Å²) in [7, 11) is 3.87. The Hall–Kier alpha value is -1.79. The van der Waals surface area contributed by atoms with Gasteiger partial charge in [0, 0.05) is 11.4 Å². The van der Waals surface area contributed by atoms with Crippen LogP contribution in [-0.4, -0.2) is 37.2 Å². The molecule has 4 nitrogen and oxygen atoms in total. The average molecular weight is 322 g/mol. The minimum absolute atomic E-state index is 0.00484. The number of carbonyl (C=O) groups excluding carboxylic acids is 1. The number of likely N-dealkylation sites (N-methyl/N-ethyl adjacent to an activating group) is 1. The summed E-state index contributed by atoms with van der Waals surface area (Å²) in [5, 5.41) is 2.90. The molecule has 0 aliphatic rings. The molecule has 2 aromatic rings. The van der Waals surface area contributed by atoms with Crippen LogP contribution in [0.25, 0.3) is 0 Å². The molecule has 0 aliphatic heterocycles. The second-order valence-electron chi connectivity index (χ2n) is 5.04. The Morgan fingerprint density at radius 2 is 2.05 bits per heavy atom. The van der Waals surface area contributed by atoms with Crippen LogP contribution in [0.2, 0.25) is 0 Å². The number of thioether (sulfide) groups is 1. The van der Waals surface area contributed by atoms with Gasteiger partial charge in [-0.2, -0.15) is 0 Å². The van der Waals surface area contributed by atoms with E-state index in [-0.39, 0.29) is 17.8 Å². The fourth-order valence-corrected chi connectivity index (χ4v) is 2.69. The highest BCUT2D eigenvalue weighted by Crippen LogP contribution is 2.19. The van der Waals surface area contributed by atoms with Crippen LogP contribution in [0.15, 0.2) is 52.0 Å². The summed E-state index contributed by atoms with van der Waals surface area (Å²) in [6, 6.07) is 9.83. The first kappa shape index (κ1) is 16.6. The van der Waals surface area contributed by atoms with E-state index in [1.807, 2.05) is 31.1 Å². The van der Waals surface area contributed by atoms with Crippen molar-refractivity contribution in [1.82, 2.24) is 10.2 Å². The summed E-state index contributed by atoms with van der Waals surface area (Å²) in [6.07, 6.45) is 1.62. The minimum Gasteiger partial charge on any atom is -0.468 e. The van der Waals surface area contributed by atoms with Gasteiger partial charge in [0.2, 0.25) is 5.91 Å². The van der Waals surface area contributed by atoms with E-state index >= 15 is 0 Å². The highest BCUT2D eigenvalue weighted by molar-refractivity contribution is 8.00. The molecular weight excluding hydrogens is 303 g/mol. The molecule has 0 spiro atoms. The smallest absolute Gasteiger partial charge is 0.230 e. The number of carbonyl (C=O) groups is 1. The summed E-state index contributed by atoms with van der Waals surface area (Å²) in [5.41, 5.74) is 0. The van der Waals surface area contributed by atoms with Crippen LogP contribution in [0.5, 0.6) is 0 Å². The first-order valence-corrected chi connectivity index (χ1v) is 7.89. The average Bonchev–Trinajstić information content (AvgIpc) is 3.00. The summed E-state index contributed by atoms with van der Waals surface area (Å²) in [4.78, 5) is 14.8. The Bertz CT molecular complexity index is 585. The van der Waals surface area contributed by atoms with Gasteiger partial charge < -0.3 is 9.73 Å². The molecule has 0 saturated carbocycles. The standard InChI is InChI=1S/C16H19FN2O2S/c1-19(2)14(15-4-3-9-21-15)10-18-16(20)11-22-13-7-5-12(17)6-8-13/h3-9,14H,10-11H2,1-2H3,(H,18,20). The molecule has 0 bridgehead atoms. The second kappa shape index (κ2) is 8.00. The van der Waals surface area contributed by atoms with E-state index in [1.54, 1.807) is 18.4 Å². The molecule has 0 radical (unpaired) electrons. The SMILES string of the molecule is CN(C)C(CNC(=O)CSc1ccc(F)cc1)c1ccco1. The quantitative estimate of drug-likeness (QED) is 0.796. The van der Waals surface area contributed by atoms with Gasteiger partial charge in [0.25, 0.3) is 0 Å². The van der Waals surface area contributed by atoms with E-state index in [2.05, 4.69) is 5.32 Å². The first-order valence-electron chi connectivity index (χ1n) is 6.91. The number of rotatable bonds is 7. The van der Waals surface area contributed by atoms with Crippen molar-refractivity contribution in [3.05, 3.63) is 54.2 Å². The summed E-state index contributed by atoms with van der Waals surface area (Å²) in [5.74, 6) is 0.773. The fourth-order valence-electron chi connectivity index (χ4n) is 1.96. The highest BCUT2D eigenvalue weighted by Gasteiger charge is 2.17. The third kappa shape index (κ3) is 4.89. The maximum absolute atomic E-state index is 12.8. The molecule has 0 saturated heterocycles. The van der Waals surface area contributed by atoms with Crippen LogP contribution in [0.3, 0.4) is 0 Å². The molecule has 1 aromatic heterocycles. The zero-order chi connectivity index (χ0) is 15.9. The van der Waals surface area contributed by atoms with Crippen molar-refractivity contribution >= 4 is 17.7 Å². The first-order chi connectivity index (χ1) is 10.6. The number of hydrogen-bond acceptors (Lipinski definition) is 4. The molecule has 1 aromatic carbocycles. The van der Waals surface area contributed by atoms with Crippen LogP contribution in [0.1, 0.15) is 11.8 Å². The lowest BCUT2D eigenvalue weighted by Gasteiger charge is -2.22. The van der Waals surface area contributed by atoms with Crippen molar-refractivity contribution in [2.24, 2.45) is 0 Å². The van der Waals surface area contributed by atoms with E-state index in [0.29, 0.717) is 12.3 Å². The lowest BCUT2D eigenvalue weighted by atomic mass is 10.2. The molecule has 0 aliphatic carbocycles. The van der Waals surface area contributed by atoms with Gasteiger partial charge in [-0.25, -0.2) is 4.39 Å². The van der Waals surface area contributed by atoms with Gasteiger partial charge in [-0.05, 0) is 50.5 Å². The summed E-state index contributed by atoms with van der Waals surface area (Å²) in [6.45, 7) is 0.476. The molecule has 6 heteroatoms. The van der Waals surface area contributed by atoms with Crippen LogP contribution >= 0.6 is 11.8 Å². The Kier molecular flexibility index (Phi) is 6.03. The molecular formula is C16H19FN2O2S. The highest BCUT2D eigenvalue weighted by atomic mass is 32.2. The van der Waals surface area contributed by atoms with Crippen LogP contribution in [0, 0.1) is 5.82 Å². The lowest BCUT2D eigenvalue weighted by Crippen LogP contribution is -2.35. The minimum atomic E-state index is -0.277. The Morgan fingerprint density at radius 3 is 2.64 bits per heavy atom. The van der Waals surface area contributed by atoms with Crippen molar-refractivity contribution in [1.29, 1.82) is 0 Å². The second-order valence-corrected chi connectivity index (χ2v) is 6.09. The van der Waals surface area contributed by atoms with Crippen LogP contribution < -0.4 is 5.32 Å². The zero-order valence-electron chi connectivity index (χ0n) is 12.6. The van der Waals surface area contributed by atoms with Crippen molar-refractivity contribution in [3.63, 3.8) is 0 Å². The number of nitrogens with zero attached hydrogens (tertiary/aromatic N) is 1. The number of furan rings is 1. The van der Waals surface area contributed by atoms with Crippen molar-refractivity contribution < 1.29 is 13.6 Å². The monoisotopic (exact) mass is 322 g/mol. The van der Waals surface area contributed by atoms with Gasteiger partial charge >= 0.3 is 0 Å². The summed E-state index contributed by atoms with van der Waals surface area (Å²) >= 11 is 1.38. The molecule has 1 N–H and O–H groups in total. The van der Waals surface area contributed by atoms with Gasteiger partial charge in [0.1, 0.15) is 11.6 Å². The molecule has 118 valence electrons. The normalized spacial score (nSPS) is 12.4. The largest absolute Gasteiger partial charge is 0.468 e. The molecule has 1 unspecified atom stereocenters.